The SMILES string of the molecule is O=C1c2ccccc2Cn2c1cc1sccc12. The number of ketones is 1. The Morgan fingerprint density at radius 3 is 3.00 bits per heavy atom. The lowest BCUT2D eigenvalue weighted by Crippen LogP contribution is -2.19. The van der Waals surface area contributed by atoms with E-state index in [0.29, 0.717) is 0 Å². The van der Waals surface area contributed by atoms with Crippen LogP contribution in [0.25, 0.3) is 10.2 Å². The molecule has 82 valence electrons. The molecule has 0 unspecified atom stereocenters. The van der Waals surface area contributed by atoms with Crippen LogP contribution in [-0.2, 0) is 6.54 Å². The Bertz CT molecular complexity index is 751. The van der Waals surface area contributed by atoms with Crippen LogP contribution in [0, 0.1) is 0 Å². The molecule has 0 saturated heterocycles. The predicted octanol–water partition coefficient (Wildman–Crippen LogP) is 3.30. The molecule has 2 nitrogen and oxygen atoms in total. The number of aromatic nitrogens is 1. The molecule has 0 N–H and O–H groups in total. The van der Waals surface area contributed by atoms with Gasteiger partial charge in [-0.05, 0) is 23.1 Å². The Morgan fingerprint density at radius 2 is 2.06 bits per heavy atom. The van der Waals surface area contributed by atoms with E-state index in [1.54, 1.807) is 11.3 Å². The minimum absolute atomic E-state index is 0.148. The number of hydrogen-bond acceptors (Lipinski definition) is 2. The second-order valence-corrected chi connectivity index (χ2v) is 5.22. The summed E-state index contributed by atoms with van der Waals surface area (Å²) in [6, 6.07) is 12.0. The zero-order valence-corrected chi connectivity index (χ0v) is 9.83. The van der Waals surface area contributed by atoms with Crippen molar-refractivity contribution >= 4 is 27.3 Å². The Labute approximate surface area is 102 Å². The van der Waals surface area contributed by atoms with Crippen molar-refractivity contribution in [3.63, 3.8) is 0 Å². The molecule has 0 amide bonds. The molecule has 0 aliphatic carbocycles. The molecule has 4 rings (SSSR count). The largest absolute Gasteiger partial charge is 0.333 e. The molecule has 0 bridgehead atoms. The fourth-order valence-corrected chi connectivity index (χ4v) is 3.35. The van der Waals surface area contributed by atoms with Gasteiger partial charge in [0, 0.05) is 12.1 Å². The smallest absolute Gasteiger partial charge is 0.209 e. The van der Waals surface area contributed by atoms with Gasteiger partial charge in [0.05, 0.1) is 15.9 Å². The zero-order valence-electron chi connectivity index (χ0n) is 9.01. The molecule has 0 fully saturated rings. The van der Waals surface area contributed by atoms with Crippen LogP contribution in [0.2, 0.25) is 0 Å². The summed E-state index contributed by atoms with van der Waals surface area (Å²) in [5.74, 6) is 0.148. The summed E-state index contributed by atoms with van der Waals surface area (Å²) in [7, 11) is 0. The summed E-state index contributed by atoms with van der Waals surface area (Å²) in [6.45, 7) is 0.803. The van der Waals surface area contributed by atoms with Gasteiger partial charge in [-0.1, -0.05) is 24.3 Å². The van der Waals surface area contributed by atoms with Gasteiger partial charge in [-0.2, -0.15) is 0 Å². The van der Waals surface area contributed by atoms with Gasteiger partial charge in [-0.15, -0.1) is 11.3 Å². The lowest BCUT2D eigenvalue weighted by molar-refractivity contribution is 0.102. The third-order valence-corrected chi connectivity index (χ3v) is 4.20. The molecular formula is C14H9NOS. The van der Waals surface area contributed by atoms with E-state index < -0.39 is 0 Å². The van der Waals surface area contributed by atoms with E-state index in [2.05, 4.69) is 16.0 Å². The van der Waals surface area contributed by atoms with E-state index in [1.807, 2.05) is 30.3 Å². The number of benzene rings is 1. The van der Waals surface area contributed by atoms with Gasteiger partial charge in [0.15, 0.2) is 0 Å². The molecule has 0 spiro atoms. The van der Waals surface area contributed by atoms with Crippen LogP contribution in [0.4, 0.5) is 0 Å². The number of fused-ring (bicyclic) bond motifs is 4. The van der Waals surface area contributed by atoms with Crippen molar-refractivity contribution in [3.8, 4) is 0 Å². The molecule has 2 aromatic heterocycles. The number of carbonyl (C=O) groups is 1. The van der Waals surface area contributed by atoms with Gasteiger partial charge in [-0.3, -0.25) is 4.79 Å². The van der Waals surface area contributed by atoms with E-state index >= 15 is 0 Å². The number of hydrogen-bond donors (Lipinski definition) is 0. The van der Waals surface area contributed by atoms with Crippen LogP contribution < -0.4 is 0 Å². The first-order chi connectivity index (χ1) is 8.34. The van der Waals surface area contributed by atoms with Gasteiger partial charge < -0.3 is 4.57 Å². The van der Waals surface area contributed by atoms with Crippen molar-refractivity contribution < 1.29 is 4.79 Å². The van der Waals surface area contributed by atoms with Crippen molar-refractivity contribution in [1.29, 1.82) is 0 Å². The van der Waals surface area contributed by atoms with Gasteiger partial charge in [0.2, 0.25) is 5.78 Å². The maximum atomic E-state index is 12.4. The standard InChI is InChI=1S/C14H9NOS/c16-14-10-4-2-1-3-9(10)8-15-11-5-6-17-13(11)7-12(14)15/h1-7H,8H2. The highest BCUT2D eigenvalue weighted by Gasteiger charge is 2.24. The summed E-state index contributed by atoms with van der Waals surface area (Å²) >= 11 is 1.69. The Kier molecular flexibility index (Phi) is 1.66. The van der Waals surface area contributed by atoms with Gasteiger partial charge in [0.25, 0.3) is 0 Å². The average Bonchev–Trinajstić information content (AvgIpc) is 2.91. The van der Waals surface area contributed by atoms with Crippen LogP contribution in [0.1, 0.15) is 21.6 Å². The molecule has 1 aliphatic rings. The molecule has 1 aliphatic heterocycles. The molecule has 1 aromatic carbocycles. The van der Waals surface area contributed by atoms with Gasteiger partial charge in [-0.25, -0.2) is 0 Å². The molecule has 3 heteroatoms. The van der Waals surface area contributed by atoms with Crippen LogP contribution >= 0.6 is 11.3 Å². The first-order valence-corrected chi connectivity index (χ1v) is 6.42. The molecule has 0 saturated carbocycles. The average molecular weight is 239 g/mol. The maximum Gasteiger partial charge on any atom is 0.209 e. The minimum atomic E-state index is 0.148. The molecular weight excluding hydrogens is 230 g/mol. The van der Waals surface area contributed by atoms with Crippen molar-refractivity contribution in [1.82, 2.24) is 4.57 Å². The fourth-order valence-electron chi connectivity index (χ4n) is 2.52. The summed E-state index contributed by atoms with van der Waals surface area (Å²) in [5.41, 5.74) is 3.97. The van der Waals surface area contributed by atoms with Crippen LogP contribution in [0.3, 0.4) is 0 Å². The summed E-state index contributed by atoms with van der Waals surface area (Å²) < 4.78 is 3.32. The lowest BCUT2D eigenvalue weighted by Gasteiger charge is -2.18. The highest BCUT2D eigenvalue weighted by atomic mass is 32.1. The summed E-state index contributed by atoms with van der Waals surface area (Å²) in [6.07, 6.45) is 0. The van der Waals surface area contributed by atoms with Crippen LogP contribution in [-0.4, -0.2) is 10.4 Å². The molecule has 3 heterocycles. The molecule has 0 atom stereocenters. The minimum Gasteiger partial charge on any atom is -0.333 e. The number of carbonyl (C=O) groups excluding carboxylic acids is 1. The van der Waals surface area contributed by atoms with Crippen LogP contribution in [0.15, 0.2) is 41.8 Å². The topological polar surface area (TPSA) is 22.0 Å². The molecule has 0 radical (unpaired) electrons. The molecule has 3 aromatic rings. The monoisotopic (exact) mass is 239 g/mol. The van der Waals surface area contributed by atoms with Crippen molar-refractivity contribution in [2.24, 2.45) is 0 Å². The van der Waals surface area contributed by atoms with E-state index in [9.17, 15) is 4.79 Å². The molecule has 17 heavy (non-hydrogen) atoms. The third-order valence-electron chi connectivity index (χ3n) is 3.35. The summed E-state index contributed by atoms with van der Waals surface area (Å²) in [4.78, 5) is 12.4. The van der Waals surface area contributed by atoms with Crippen LogP contribution in [0.5, 0.6) is 0 Å². The fraction of sp³-hybridized carbons (Fsp3) is 0.0714. The van der Waals surface area contributed by atoms with E-state index in [1.165, 1.54) is 10.2 Å². The first-order valence-electron chi connectivity index (χ1n) is 5.54. The highest BCUT2D eigenvalue weighted by Crippen LogP contribution is 2.31. The van der Waals surface area contributed by atoms with E-state index in [0.717, 1.165) is 23.4 Å². The Hall–Kier alpha value is -1.87. The Morgan fingerprint density at radius 1 is 1.18 bits per heavy atom. The second kappa shape index (κ2) is 3.08. The quantitative estimate of drug-likeness (QED) is 0.461. The van der Waals surface area contributed by atoms with Crippen molar-refractivity contribution in [3.05, 3.63) is 58.6 Å². The third kappa shape index (κ3) is 1.12. The van der Waals surface area contributed by atoms with E-state index in [4.69, 9.17) is 0 Å². The zero-order chi connectivity index (χ0) is 11.4. The highest BCUT2D eigenvalue weighted by molar-refractivity contribution is 7.17. The lowest BCUT2D eigenvalue weighted by atomic mass is 9.98. The predicted molar refractivity (Wildman–Crippen MR) is 68.8 cm³/mol. The second-order valence-electron chi connectivity index (χ2n) is 4.27. The van der Waals surface area contributed by atoms with E-state index in [-0.39, 0.29) is 5.78 Å². The number of rotatable bonds is 0. The normalized spacial score (nSPS) is 13.8. The number of thiophene rings is 1. The Balaban J connectivity index is 2.05. The number of nitrogens with zero attached hydrogens (tertiary/aromatic N) is 1. The van der Waals surface area contributed by atoms with Crippen molar-refractivity contribution in [2.75, 3.05) is 0 Å². The van der Waals surface area contributed by atoms with Gasteiger partial charge in [0.1, 0.15) is 0 Å². The maximum absolute atomic E-state index is 12.4. The van der Waals surface area contributed by atoms with Crippen molar-refractivity contribution in [2.45, 2.75) is 6.54 Å². The van der Waals surface area contributed by atoms with Gasteiger partial charge >= 0.3 is 0 Å². The summed E-state index contributed by atoms with van der Waals surface area (Å²) in [5, 5.41) is 2.07. The first kappa shape index (κ1) is 9.19.